The molecule has 0 aliphatic carbocycles. The highest BCUT2D eigenvalue weighted by atomic mass is 19.4. The maximum atomic E-state index is 12.7. The number of nitrogens with one attached hydrogen (secondary N) is 2. The summed E-state index contributed by atoms with van der Waals surface area (Å²) in [5.74, 6) is -1.01. The summed E-state index contributed by atoms with van der Waals surface area (Å²) in [5, 5.41) is 5.68. The van der Waals surface area contributed by atoms with Gasteiger partial charge in [0.25, 0.3) is 0 Å². The fourth-order valence-corrected chi connectivity index (χ4v) is 1.96. The number of fused-ring (bicyclic) bond motifs is 1. The summed E-state index contributed by atoms with van der Waals surface area (Å²) in [6.07, 6.45) is 0.930. The average Bonchev–Trinajstić information content (AvgIpc) is 2.38. The lowest BCUT2D eigenvalue weighted by Gasteiger charge is -2.35. The summed E-state index contributed by atoms with van der Waals surface area (Å²) in [4.78, 5) is 17.2. The van der Waals surface area contributed by atoms with Gasteiger partial charge in [-0.15, -0.1) is 13.2 Å². The number of halogens is 3. The second-order valence-corrected chi connectivity index (χ2v) is 4.16. The van der Waals surface area contributed by atoms with E-state index in [1.54, 1.807) is 12.4 Å². The van der Waals surface area contributed by atoms with Crippen LogP contribution < -0.4 is 10.6 Å². The average molecular weight is 289 g/mol. The highest BCUT2D eigenvalue weighted by Crippen LogP contribution is 2.22. The molecule has 0 aromatic carbocycles. The van der Waals surface area contributed by atoms with Gasteiger partial charge in [0.05, 0.1) is 18.6 Å². The van der Waals surface area contributed by atoms with Crippen LogP contribution in [0.4, 0.5) is 13.2 Å². The fourth-order valence-electron chi connectivity index (χ4n) is 1.96. The van der Waals surface area contributed by atoms with Gasteiger partial charge < -0.3 is 15.5 Å². The number of alkyl halides is 3. The second kappa shape index (κ2) is 5.43. The Morgan fingerprint density at radius 2 is 2.30 bits per heavy atom. The number of hydrogen-bond donors (Lipinski definition) is 2. The first-order valence-electron chi connectivity index (χ1n) is 5.97. The van der Waals surface area contributed by atoms with Crippen LogP contribution in [0.15, 0.2) is 29.3 Å². The standard InChI is InChI=1S/C11H14F3N5O/c1-2-19(11(12,13)14)9(20)6-18-4-3-16-8-5-15-7-17-10(8)18/h3-5,7,10,16H,2,6H2,1H3,(H,15,17). The Bertz CT molecular complexity index is 471. The lowest BCUT2D eigenvalue weighted by atomic mass is 10.2. The van der Waals surface area contributed by atoms with E-state index in [-0.39, 0.29) is 4.90 Å². The minimum atomic E-state index is -4.67. The summed E-state index contributed by atoms with van der Waals surface area (Å²) in [7, 11) is 0. The third-order valence-electron chi connectivity index (χ3n) is 2.88. The molecule has 110 valence electrons. The molecular weight excluding hydrogens is 275 g/mol. The van der Waals surface area contributed by atoms with Crippen molar-refractivity contribution in [3.63, 3.8) is 0 Å². The van der Waals surface area contributed by atoms with Crippen LogP contribution >= 0.6 is 0 Å². The second-order valence-electron chi connectivity index (χ2n) is 4.16. The summed E-state index contributed by atoms with van der Waals surface area (Å²) < 4.78 is 38.0. The first-order valence-corrected chi connectivity index (χ1v) is 5.97. The molecule has 20 heavy (non-hydrogen) atoms. The number of nitrogens with zero attached hydrogens (tertiary/aromatic N) is 3. The predicted molar refractivity (Wildman–Crippen MR) is 65.9 cm³/mol. The normalized spacial score (nSPS) is 20.7. The van der Waals surface area contributed by atoms with Crippen LogP contribution in [0.3, 0.4) is 0 Å². The zero-order valence-electron chi connectivity index (χ0n) is 10.7. The lowest BCUT2D eigenvalue weighted by molar-refractivity contribution is -0.239. The Hall–Kier alpha value is -2.19. The monoisotopic (exact) mass is 289 g/mol. The Labute approximate surface area is 113 Å². The van der Waals surface area contributed by atoms with Crippen molar-refractivity contribution in [3.8, 4) is 0 Å². The van der Waals surface area contributed by atoms with Crippen molar-refractivity contribution in [1.29, 1.82) is 0 Å². The molecule has 0 radical (unpaired) electrons. The van der Waals surface area contributed by atoms with E-state index < -0.39 is 31.5 Å². The summed E-state index contributed by atoms with van der Waals surface area (Å²) in [5.41, 5.74) is 0.665. The Kier molecular flexibility index (Phi) is 3.86. The molecule has 0 aromatic rings. The molecule has 6 nitrogen and oxygen atoms in total. The third kappa shape index (κ3) is 2.86. The highest BCUT2D eigenvalue weighted by Gasteiger charge is 2.40. The quantitative estimate of drug-likeness (QED) is 0.744. The van der Waals surface area contributed by atoms with Gasteiger partial charge in [0, 0.05) is 25.1 Å². The zero-order chi connectivity index (χ0) is 14.8. The van der Waals surface area contributed by atoms with Crippen LogP contribution in [0.25, 0.3) is 0 Å². The van der Waals surface area contributed by atoms with Crippen LogP contribution in [-0.2, 0) is 4.79 Å². The van der Waals surface area contributed by atoms with Crippen LogP contribution in [-0.4, -0.2) is 47.6 Å². The Balaban J connectivity index is 2.09. The van der Waals surface area contributed by atoms with E-state index in [1.165, 1.54) is 24.4 Å². The molecule has 9 heteroatoms. The zero-order valence-corrected chi connectivity index (χ0v) is 10.7. The molecule has 2 aliphatic rings. The molecule has 0 saturated carbocycles. The van der Waals surface area contributed by atoms with Gasteiger partial charge in [0.2, 0.25) is 5.91 Å². The molecule has 0 fully saturated rings. The molecule has 2 rings (SSSR count). The number of carbonyl (C=O) groups is 1. The molecule has 0 saturated heterocycles. The smallest absolute Gasteiger partial charge is 0.359 e. The first kappa shape index (κ1) is 14.2. The number of rotatable bonds is 3. The van der Waals surface area contributed by atoms with Crippen molar-refractivity contribution in [2.75, 3.05) is 13.1 Å². The molecule has 0 bridgehead atoms. The van der Waals surface area contributed by atoms with Crippen molar-refractivity contribution >= 4 is 12.2 Å². The molecular formula is C11H14F3N5O. The minimum Gasteiger partial charge on any atom is -0.359 e. The van der Waals surface area contributed by atoms with Crippen molar-refractivity contribution in [2.24, 2.45) is 4.99 Å². The van der Waals surface area contributed by atoms with Crippen LogP contribution in [0.5, 0.6) is 0 Å². The van der Waals surface area contributed by atoms with E-state index in [0.29, 0.717) is 5.70 Å². The summed E-state index contributed by atoms with van der Waals surface area (Å²) in [6.45, 7) is 0.466. The largest absolute Gasteiger partial charge is 0.487 e. The number of hydrogen-bond acceptors (Lipinski definition) is 5. The van der Waals surface area contributed by atoms with Gasteiger partial charge in [-0.2, -0.15) is 0 Å². The maximum absolute atomic E-state index is 12.7. The molecule has 1 unspecified atom stereocenters. The van der Waals surface area contributed by atoms with E-state index in [9.17, 15) is 18.0 Å². The molecule has 2 aliphatic heterocycles. The molecule has 1 amide bonds. The van der Waals surface area contributed by atoms with Crippen LogP contribution in [0.2, 0.25) is 0 Å². The highest BCUT2D eigenvalue weighted by molar-refractivity contribution is 5.79. The van der Waals surface area contributed by atoms with Gasteiger partial charge in [-0.1, -0.05) is 0 Å². The number of likely N-dealkylation sites (N-methyl/N-ethyl adjacent to an activating group) is 1. The molecule has 0 aromatic heterocycles. The predicted octanol–water partition coefficient (Wildman–Crippen LogP) is 0.530. The van der Waals surface area contributed by atoms with Crippen molar-refractivity contribution in [2.45, 2.75) is 19.4 Å². The summed E-state index contributed by atoms with van der Waals surface area (Å²) in [6, 6.07) is 0. The van der Waals surface area contributed by atoms with Gasteiger partial charge in [0.15, 0.2) is 6.17 Å². The van der Waals surface area contributed by atoms with Crippen LogP contribution in [0.1, 0.15) is 6.92 Å². The Morgan fingerprint density at radius 3 is 2.95 bits per heavy atom. The molecule has 1 atom stereocenters. The molecule has 2 N–H and O–H groups in total. The van der Waals surface area contributed by atoms with Gasteiger partial charge in [0.1, 0.15) is 0 Å². The minimum absolute atomic E-state index is 0.114. The fraction of sp³-hybridized carbons (Fsp3) is 0.455. The van der Waals surface area contributed by atoms with Crippen molar-refractivity contribution < 1.29 is 18.0 Å². The molecule has 0 spiro atoms. The van der Waals surface area contributed by atoms with Crippen molar-refractivity contribution in [1.82, 2.24) is 20.4 Å². The Morgan fingerprint density at radius 1 is 1.55 bits per heavy atom. The topological polar surface area (TPSA) is 60.0 Å². The SMILES string of the molecule is CCN(C(=O)CN1C=CNC2=CNC=NC21)C(F)(F)F. The lowest BCUT2D eigenvalue weighted by Crippen LogP contribution is -2.50. The molecule has 2 heterocycles. The van der Waals surface area contributed by atoms with Gasteiger partial charge in [-0.05, 0) is 6.92 Å². The van der Waals surface area contributed by atoms with E-state index in [0.717, 1.165) is 0 Å². The van der Waals surface area contributed by atoms with Gasteiger partial charge in [-0.3, -0.25) is 9.69 Å². The van der Waals surface area contributed by atoms with Gasteiger partial charge >= 0.3 is 6.30 Å². The van der Waals surface area contributed by atoms with E-state index in [2.05, 4.69) is 15.6 Å². The number of carbonyl (C=O) groups excluding carboxylic acids is 1. The number of aliphatic imine (C=N–C) groups is 1. The van der Waals surface area contributed by atoms with E-state index >= 15 is 0 Å². The first-order chi connectivity index (χ1) is 9.43. The maximum Gasteiger partial charge on any atom is 0.487 e. The van der Waals surface area contributed by atoms with Crippen LogP contribution in [0, 0.1) is 0 Å². The van der Waals surface area contributed by atoms with Crippen molar-refractivity contribution in [3.05, 3.63) is 24.3 Å². The third-order valence-corrected chi connectivity index (χ3v) is 2.88. The summed E-state index contributed by atoms with van der Waals surface area (Å²) >= 11 is 0. The van der Waals surface area contributed by atoms with E-state index in [1.807, 2.05) is 0 Å². The number of amides is 1. The van der Waals surface area contributed by atoms with E-state index in [4.69, 9.17) is 0 Å². The van der Waals surface area contributed by atoms with Gasteiger partial charge in [-0.25, -0.2) is 4.99 Å².